The van der Waals surface area contributed by atoms with E-state index in [-0.39, 0.29) is 0 Å². The second-order valence-corrected chi connectivity index (χ2v) is 8.28. The Kier molecular flexibility index (Phi) is 8.81. The van der Waals surface area contributed by atoms with Crippen molar-refractivity contribution in [2.24, 2.45) is 9.98 Å². The Morgan fingerprint density at radius 3 is 1.75 bits per heavy atom. The topological polar surface area (TPSA) is 37.2 Å². The minimum absolute atomic E-state index is 0.569. The number of ether oxygens (including phenoxy) is 1. The third-order valence-corrected chi connectivity index (χ3v) is 4.53. The van der Waals surface area contributed by atoms with Crippen LogP contribution in [0.15, 0.2) is 46.4 Å². The van der Waals surface area contributed by atoms with Gasteiger partial charge in [-0.1, -0.05) is 36.4 Å². The van der Waals surface area contributed by atoms with Gasteiger partial charge < -0.3 is 9.64 Å². The number of hydrogen-bond donors (Lipinski definition) is 0. The van der Waals surface area contributed by atoms with Gasteiger partial charge in [0.05, 0.1) is 17.9 Å². The van der Waals surface area contributed by atoms with Crippen molar-refractivity contribution in [3.05, 3.63) is 58.7 Å². The summed E-state index contributed by atoms with van der Waals surface area (Å²) in [6.07, 6.45) is 0. The van der Waals surface area contributed by atoms with Gasteiger partial charge in [-0.2, -0.15) is 0 Å². The summed E-state index contributed by atoms with van der Waals surface area (Å²) in [6.45, 7) is 9.72. The van der Waals surface area contributed by atoms with Crippen molar-refractivity contribution in [2.45, 2.75) is 27.7 Å². The van der Waals surface area contributed by atoms with Gasteiger partial charge in [-0.05, 0) is 49.9 Å². The van der Waals surface area contributed by atoms with Crippen LogP contribution in [-0.4, -0.2) is 36.8 Å². The molecule has 0 N–H and O–H groups in total. The number of likely N-dealkylation sites (N-methyl/N-ethyl adjacent to an activating group) is 1. The molecule has 0 radical (unpaired) electrons. The molecule has 3 rings (SSSR count). The van der Waals surface area contributed by atoms with Crippen LogP contribution in [0, 0.1) is 27.7 Å². The molecule has 0 spiro atoms. The van der Waals surface area contributed by atoms with E-state index in [1.807, 2.05) is 13.1 Å². The van der Waals surface area contributed by atoms with E-state index in [0.29, 0.717) is 25.2 Å². The molecule has 154 valence electrons. The van der Waals surface area contributed by atoms with Crippen molar-refractivity contribution in [3.63, 3.8) is 0 Å². The van der Waals surface area contributed by atoms with Gasteiger partial charge in [-0.3, -0.25) is 0 Å². The van der Waals surface area contributed by atoms with Crippen LogP contribution < -0.4 is 0 Å². The first-order chi connectivity index (χ1) is 13.4. The maximum absolute atomic E-state index is 5.90. The van der Waals surface area contributed by atoms with E-state index in [4.69, 9.17) is 35.1 Å². The SMILES string of the molecule is Cc1cccc(C)c1N=C1OCCN(C)C1=Nc1c(C)cccc1C.[Cl][Ni][Cl]. The number of halogens is 2. The summed E-state index contributed by atoms with van der Waals surface area (Å²) in [7, 11) is 11.4. The summed E-state index contributed by atoms with van der Waals surface area (Å²) in [5.41, 5.74) is 6.52. The summed E-state index contributed by atoms with van der Waals surface area (Å²) >= 11 is 0.569. The number of nitrogens with zero attached hydrogens (tertiary/aromatic N) is 3. The van der Waals surface area contributed by atoms with Crippen molar-refractivity contribution < 1.29 is 17.4 Å². The van der Waals surface area contributed by atoms with E-state index < -0.39 is 0 Å². The second-order valence-electron chi connectivity index (χ2n) is 6.65. The van der Waals surface area contributed by atoms with Gasteiger partial charge in [0.1, 0.15) is 6.61 Å². The van der Waals surface area contributed by atoms with Crippen LogP contribution in [0.2, 0.25) is 0 Å². The number of aliphatic imine (C=N–C) groups is 2. The zero-order valence-corrected chi connectivity index (χ0v) is 19.2. The maximum atomic E-state index is 5.90. The predicted molar refractivity (Wildman–Crippen MR) is 116 cm³/mol. The van der Waals surface area contributed by atoms with Crippen molar-refractivity contribution in [1.29, 1.82) is 0 Å². The molecular formula is C21H25Cl2N3NiO. The molecular weight excluding hydrogens is 440 g/mol. The molecule has 7 heteroatoms. The molecule has 0 aliphatic carbocycles. The van der Waals surface area contributed by atoms with Gasteiger partial charge in [-0.25, -0.2) is 9.98 Å². The molecule has 4 nitrogen and oxygen atoms in total. The fourth-order valence-electron chi connectivity index (χ4n) is 3.00. The van der Waals surface area contributed by atoms with Crippen LogP contribution in [0.1, 0.15) is 22.3 Å². The van der Waals surface area contributed by atoms with Gasteiger partial charge in [0.25, 0.3) is 5.90 Å². The van der Waals surface area contributed by atoms with Gasteiger partial charge in [0.15, 0.2) is 5.84 Å². The van der Waals surface area contributed by atoms with Crippen LogP contribution in [0.5, 0.6) is 0 Å². The van der Waals surface area contributed by atoms with E-state index in [1.54, 1.807) is 0 Å². The number of amidine groups is 1. The molecule has 1 aliphatic rings. The average molecular weight is 465 g/mol. The Hall–Kier alpha value is -1.55. The van der Waals surface area contributed by atoms with E-state index in [0.717, 1.165) is 46.0 Å². The minimum atomic E-state index is 0.569. The quantitative estimate of drug-likeness (QED) is 0.509. The van der Waals surface area contributed by atoms with Crippen molar-refractivity contribution in [2.75, 3.05) is 20.2 Å². The van der Waals surface area contributed by atoms with Crippen molar-refractivity contribution in [1.82, 2.24) is 4.90 Å². The number of aryl methyl sites for hydroxylation is 4. The monoisotopic (exact) mass is 463 g/mol. The molecule has 28 heavy (non-hydrogen) atoms. The predicted octanol–water partition coefficient (Wildman–Crippen LogP) is 6.02. The average Bonchev–Trinajstić information content (AvgIpc) is 2.64. The van der Waals surface area contributed by atoms with Gasteiger partial charge in [0.2, 0.25) is 0 Å². The fraction of sp³-hybridized carbons (Fsp3) is 0.333. The van der Waals surface area contributed by atoms with E-state index in [1.165, 1.54) is 0 Å². The normalized spacial score (nSPS) is 16.8. The Bertz CT molecular complexity index is 843. The zero-order chi connectivity index (χ0) is 20.7. The number of hydrogen-bond acceptors (Lipinski definition) is 3. The Labute approximate surface area is 182 Å². The molecule has 0 atom stereocenters. The first kappa shape index (κ1) is 22.7. The van der Waals surface area contributed by atoms with Crippen LogP contribution in [-0.2, 0) is 17.4 Å². The number of para-hydroxylation sites is 2. The summed E-state index contributed by atoms with van der Waals surface area (Å²) in [5.74, 6) is 1.38. The Morgan fingerprint density at radius 1 is 0.857 bits per heavy atom. The molecule has 1 saturated heterocycles. The third-order valence-electron chi connectivity index (χ3n) is 4.53. The Balaban J connectivity index is 0.000000878. The second kappa shape index (κ2) is 10.9. The van der Waals surface area contributed by atoms with Gasteiger partial charge in [0, 0.05) is 7.05 Å². The number of rotatable bonds is 2. The van der Waals surface area contributed by atoms with Crippen molar-refractivity contribution in [3.8, 4) is 0 Å². The van der Waals surface area contributed by atoms with E-state index >= 15 is 0 Å². The van der Waals surface area contributed by atoms with Crippen molar-refractivity contribution >= 4 is 43.5 Å². The number of benzene rings is 2. The zero-order valence-electron chi connectivity index (χ0n) is 16.7. The van der Waals surface area contributed by atoms with E-state index in [9.17, 15) is 0 Å². The Morgan fingerprint density at radius 2 is 1.29 bits per heavy atom. The molecule has 1 fully saturated rings. The summed E-state index contributed by atoms with van der Waals surface area (Å²) in [5, 5.41) is 0. The van der Waals surface area contributed by atoms with Crippen LogP contribution in [0.3, 0.4) is 0 Å². The standard InChI is InChI=1S/C21H25N3O.2ClH.Ni/c1-14-8-6-9-15(2)18(14)22-20-21(25-13-12-24(20)5)23-19-16(3)10-7-11-17(19)4;;;/h6-11H,12-13H2,1-5H3;2*1H;/q;;;+2/p-2. The first-order valence-electron chi connectivity index (χ1n) is 8.85. The molecule has 0 amide bonds. The molecule has 2 aromatic carbocycles. The molecule has 1 heterocycles. The third kappa shape index (κ3) is 5.73. The van der Waals surface area contributed by atoms with Gasteiger partial charge in [-0.15, -0.1) is 0 Å². The van der Waals surface area contributed by atoms with Crippen LogP contribution in [0.4, 0.5) is 11.4 Å². The van der Waals surface area contributed by atoms with Crippen LogP contribution in [0.25, 0.3) is 0 Å². The molecule has 0 aromatic heterocycles. The molecule has 0 saturated carbocycles. The van der Waals surface area contributed by atoms with Crippen LogP contribution >= 0.6 is 20.4 Å². The summed E-state index contributed by atoms with van der Waals surface area (Å²) < 4.78 is 5.90. The number of morpholine rings is 1. The summed E-state index contributed by atoms with van der Waals surface area (Å²) in [6, 6.07) is 12.4. The molecule has 1 aliphatic heterocycles. The first-order valence-corrected chi connectivity index (χ1v) is 11.6. The van der Waals surface area contributed by atoms with Gasteiger partial charge >= 0.3 is 33.0 Å². The summed E-state index contributed by atoms with van der Waals surface area (Å²) in [4.78, 5) is 11.9. The molecule has 0 bridgehead atoms. The van der Waals surface area contributed by atoms with E-state index in [2.05, 4.69) is 62.9 Å². The molecule has 2 aromatic rings. The molecule has 0 unspecified atom stereocenters. The fourth-order valence-corrected chi connectivity index (χ4v) is 3.00.